The molecule has 2 aliphatic rings. The minimum atomic E-state index is 0.123. The first-order valence-corrected chi connectivity index (χ1v) is 5.91. The summed E-state index contributed by atoms with van der Waals surface area (Å²) >= 11 is 0. The third-order valence-electron chi connectivity index (χ3n) is 3.58. The van der Waals surface area contributed by atoms with Crippen molar-refractivity contribution in [3.8, 4) is 11.5 Å². The van der Waals surface area contributed by atoms with Gasteiger partial charge in [-0.3, -0.25) is 0 Å². The van der Waals surface area contributed by atoms with E-state index in [0.29, 0.717) is 12.5 Å². The highest BCUT2D eigenvalue weighted by Crippen LogP contribution is 2.50. The van der Waals surface area contributed by atoms with Crippen LogP contribution >= 0.6 is 0 Å². The molecular formula is C15H12O2. The minimum absolute atomic E-state index is 0.123. The molecule has 0 bridgehead atoms. The summed E-state index contributed by atoms with van der Waals surface area (Å²) in [6, 6.07) is 16.4. The van der Waals surface area contributed by atoms with Gasteiger partial charge < -0.3 is 9.47 Å². The molecule has 2 nitrogen and oxygen atoms in total. The fourth-order valence-electron chi connectivity index (χ4n) is 2.76. The van der Waals surface area contributed by atoms with Crippen molar-refractivity contribution in [2.24, 2.45) is 0 Å². The molecule has 0 saturated heterocycles. The normalized spacial score (nSPS) is 24.0. The summed E-state index contributed by atoms with van der Waals surface area (Å²) in [6.45, 7) is 0.707. The van der Waals surface area contributed by atoms with Gasteiger partial charge in [0.25, 0.3) is 0 Å². The zero-order valence-electron chi connectivity index (χ0n) is 9.30. The van der Waals surface area contributed by atoms with Crippen LogP contribution in [0, 0.1) is 0 Å². The molecule has 0 aromatic heterocycles. The van der Waals surface area contributed by atoms with Gasteiger partial charge in [-0.2, -0.15) is 0 Å². The second-order valence-electron chi connectivity index (χ2n) is 4.53. The Morgan fingerprint density at radius 1 is 0.824 bits per heavy atom. The number of ether oxygens (including phenoxy) is 2. The summed E-state index contributed by atoms with van der Waals surface area (Å²) in [6.07, 6.45) is 0.123. The molecule has 0 spiro atoms. The lowest BCUT2D eigenvalue weighted by Gasteiger charge is -2.27. The van der Waals surface area contributed by atoms with E-state index in [1.54, 1.807) is 0 Å². The largest absolute Gasteiger partial charge is 0.492 e. The van der Waals surface area contributed by atoms with Gasteiger partial charge in [0.2, 0.25) is 0 Å². The second kappa shape index (κ2) is 3.27. The Morgan fingerprint density at radius 2 is 1.53 bits per heavy atom. The monoisotopic (exact) mass is 224 g/mol. The molecule has 0 N–H and O–H groups in total. The predicted octanol–water partition coefficient (Wildman–Crippen LogP) is 3.30. The molecule has 0 radical (unpaired) electrons. The molecule has 2 unspecified atom stereocenters. The van der Waals surface area contributed by atoms with Gasteiger partial charge >= 0.3 is 0 Å². The lowest BCUT2D eigenvalue weighted by atomic mass is 9.89. The van der Waals surface area contributed by atoms with Gasteiger partial charge in [0.15, 0.2) is 0 Å². The molecule has 0 saturated carbocycles. The van der Waals surface area contributed by atoms with Gasteiger partial charge in [-0.1, -0.05) is 36.4 Å². The number of hydrogen-bond donors (Lipinski definition) is 0. The number of benzene rings is 2. The maximum absolute atomic E-state index is 6.06. The topological polar surface area (TPSA) is 18.5 Å². The lowest BCUT2D eigenvalue weighted by molar-refractivity contribution is 0.139. The van der Waals surface area contributed by atoms with Crippen LogP contribution in [-0.2, 0) is 0 Å². The molecule has 0 amide bonds. The van der Waals surface area contributed by atoms with E-state index < -0.39 is 0 Å². The molecule has 84 valence electrons. The summed E-state index contributed by atoms with van der Waals surface area (Å²) in [4.78, 5) is 0. The Hall–Kier alpha value is -1.96. The highest BCUT2D eigenvalue weighted by molar-refractivity contribution is 5.48. The minimum Gasteiger partial charge on any atom is -0.492 e. The van der Waals surface area contributed by atoms with Crippen molar-refractivity contribution in [1.82, 2.24) is 0 Å². The van der Waals surface area contributed by atoms with Crippen molar-refractivity contribution in [2.45, 2.75) is 12.0 Å². The second-order valence-corrected chi connectivity index (χ2v) is 4.53. The molecule has 2 aliphatic heterocycles. The molecule has 2 aromatic carbocycles. The maximum atomic E-state index is 6.06. The summed E-state index contributed by atoms with van der Waals surface area (Å²) in [5.41, 5.74) is 2.44. The predicted molar refractivity (Wildman–Crippen MR) is 64.5 cm³/mol. The number of rotatable bonds is 0. The molecule has 2 heterocycles. The lowest BCUT2D eigenvalue weighted by Crippen LogP contribution is -2.22. The van der Waals surface area contributed by atoms with Crippen LogP contribution in [0.5, 0.6) is 11.5 Å². The number of hydrogen-bond acceptors (Lipinski definition) is 2. The Bertz CT molecular complexity index is 577. The van der Waals surface area contributed by atoms with Crippen molar-refractivity contribution in [3.05, 3.63) is 59.7 Å². The first kappa shape index (κ1) is 9.11. The fraction of sp³-hybridized carbons (Fsp3) is 0.200. The maximum Gasteiger partial charge on any atom is 0.138 e. The molecule has 0 aliphatic carbocycles. The summed E-state index contributed by atoms with van der Waals surface area (Å²) in [7, 11) is 0. The van der Waals surface area contributed by atoms with E-state index in [1.807, 2.05) is 30.3 Å². The molecule has 0 fully saturated rings. The van der Waals surface area contributed by atoms with Crippen LogP contribution in [-0.4, -0.2) is 6.61 Å². The Morgan fingerprint density at radius 3 is 2.41 bits per heavy atom. The van der Waals surface area contributed by atoms with Gasteiger partial charge in [0.1, 0.15) is 17.6 Å². The highest BCUT2D eigenvalue weighted by atomic mass is 16.5. The molecule has 2 aromatic rings. The van der Waals surface area contributed by atoms with Crippen LogP contribution in [0.2, 0.25) is 0 Å². The molecule has 4 rings (SSSR count). The summed E-state index contributed by atoms with van der Waals surface area (Å²) in [5, 5.41) is 0. The van der Waals surface area contributed by atoms with Crippen LogP contribution < -0.4 is 9.47 Å². The van der Waals surface area contributed by atoms with Crippen molar-refractivity contribution >= 4 is 0 Å². The first-order valence-electron chi connectivity index (χ1n) is 5.91. The smallest absolute Gasteiger partial charge is 0.138 e. The van der Waals surface area contributed by atoms with Crippen LogP contribution in [0.1, 0.15) is 23.1 Å². The van der Waals surface area contributed by atoms with E-state index in [0.717, 1.165) is 11.5 Å². The van der Waals surface area contributed by atoms with E-state index in [-0.39, 0.29) is 6.10 Å². The summed E-state index contributed by atoms with van der Waals surface area (Å²) in [5.74, 6) is 2.30. The van der Waals surface area contributed by atoms with Crippen molar-refractivity contribution < 1.29 is 9.47 Å². The fourth-order valence-corrected chi connectivity index (χ4v) is 2.76. The van der Waals surface area contributed by atoms with Crippen LogP contribution in [0.15, 0.2) is 48.5 Å². The van der Waals surface area contributed by atoms with E-state index in [9.17, 15) is 0 Å². The zero-order chi connectivity index (χ0) is 11.2. The third kappa shape index (κ3) is 1.21. The molecular weight excluding hydrogens is 212 g/mol. The molecule has 2 atom stereocenters. The standard InChI is InChI=1S/C15H12O2/c1-4-8-14-10(5-1)12-9-16-13-7-3-2-6-11(13)15(12)17-14/h1-8,12,15H,9H2. The van der Waals surface area contributed by atoms with E-state index in [2.05, 4.69) is 18.2 Å². The van der Waals surface area contributed by atoms with E-state index >= 15 is 0 Å². The summed E-state index contributed by atoms with van der Waals surface area (Å²) < 4.78 is 11.9. The molecule has 17 heavy (non-hydrogen) atoms. The van der Waals surface area contributed by atoms with Crippen LogP contribution in [0.4, 0.5) is 0 Å². The van der Waals surface area contributed by atoms with Crippen LogP contribution in [0.25, 0.3) is 0 Å². The first-order chi connectivity index (χ1) is 8.43. The highest BCUT2D eigenvalue weighted by Gasteiger charge is 2.40. The van der Waals surface area contributed by atoms with E-state index in [4.69, 9.17) is 9.47 Å². The van der Waals surface area contributed by atoms with Gasteiger partial charge in [-0.25, -0.2) is 0 Å². The van der Waals surface area contributed by atoms with Crippen molar-refractivity contribution in [3.63, 3.8) is 0 Å². The van der Waals surface area contributed by atoms with E-state index in [1.165, 1.54) is 11.1 Å². The molecule has 2 heteroatoms. The van der Waals surface area contributed by atoms with Crippen molar-refractivity contribution in [1.29, 1.82) is 0 Å². The average molecular weight is 224 g/mol. The zero-order valence-corrected chi connectivity index (χ0v) is 9.30. The van der Waals surface area contributed by atoms with Gasteiger partial charge in [0, 0.05) is 11.1 Å². The van der Waals surface area contributed by atoms with Gasteiger partial charge in [-0.15, -0.1) is 0 Å². The van der Waals surface area contributed by atoms with Gasteiger partial charge in [-0.05, 0) is 12.1 Å². The Kier molecular flexibility index (Phi) is 1.75. The number of fused-ring (bicyclic) bond motifs is 5. The Labute approximate surface area is 99.8 Å². The average Bonchev–Trinajstić information content (AvgIpc) is 2.78. The van der Waals surface area contributed by atoms with Crippen molar-refractivity contribution in [2.75, 3.05) is 6.61 Å². The van der Waals surface area contributed by atoms with Gasteiger partial charge in [0.05, 0.1) is 12.5 Å². The third-order valence-corrected chi connectivity index (χ3v) is 3.58. The SMILES string of the molecule is c1ccc2c(c1)OC1c3ccccc3OCC21. The quantitative estimate of drug-likeness (QED) is 0.683. The number of para-hydroxylation sites is 2. The Balaban J connectivity index is 1.85. The van der Waals surface area contributed by atoms with Crippen LogP contribution in [0.3, 0.4) is 0 Å².